The highest BCUT2D eigenvalue weighted by Gasteiger charge is 2.22. The Balaban J connectivity index is 1.49. The smallest absolute Gasteiger partial charge is 0.321 e. The first-order chi connectivity index (χ1) is 15.1. The van der Waals surface area contributed by atoms with Gasteiger partial charge in [-0.05, 0) is 49.7 Å². The minimum absolute atomic E-state index is 0.145. The Morgan fingerprint density at radius 2 is 2.13 bits per heavy atom. The zero-order chi connectivity index (χ0) is 21.4. The number of nitrogens with one attached hydrogen (secondary N) is 2. The SMILES string of the molecule is Cc1noc2nc(-c3ccco3)cc(C(=O)Nc3cccc(N4CCCNC4=O)c3)c12. The predicted octanol–water partition coefficient (Wildman–Crippen LogP) is 3.96. The number of aryl methyl sites for hydroxylation is 1. The van der Waals surface area contributed by atoms with E-state index in [-0.39, 0.29) is 17.7 Å². The zero-order valence-electron chi connectivity index (χ0n) is 16.7. The van der Waals surface area contributed by atoms with Crippen molar-refractivity contribution >= 4 is 34.4 Å². The molecule has 0 saturated carbocycles. The molecule has 4 heterocycles. The molecule has 31 heavy (non-hydrogen) atoms. The van der Waals surface area contributed by atoms with Gasteiger partial charge in [-0.3, -0.25) is 9.69 Å². The van der Waals surface area contributed by atoms with E-state index < -0.39 is 0 Å². The van der Waals surface area contributed by atoms with Crippen LogP contribution >= 0.6 is 0 Å². The second kappa shape index (κ2) is 7.60. The van der Waals surface area contributed by atoms with Crippen molar-refractivity contribution in [3.63, 3.8) is 0 Å². The quantitative estimate of drug-likeness (QED) is 0.520. The summed E-state index contributed by atoms with van der Waals surface area (Å²) in [7, 11) is 0. The van der Waals surface area contributed by atoms with Gasteiger partial charge in [-0.25, -0.2) is 9.78 Å². The number of furan rings is 1. The van der Waals surface area contributed by atoms with Gasteiger partial charge in [0.2, 0.25) is 0 Å². The minimum atomic E-state index is -0.341. The highest BCUT2D eigenvalue weighted by molar-refractivity contribution is 6.13. The Bertz CT molecular complexity index is 1280. The summed E-state index contributed by atoms with van der Waals surface area (Å²) in [6, 6.07) is 12.2. The van der Waals surface area contributed by atoms with Gasteiger partial charge in [0, 0.05) is 24.5 Å². The Hall–Kier alpha value is -4.14. The van der Waals surface area contributed by atoms with Crippen molar-refractivity contribution in [2.75, 3.05) is 23.3 Å². The molecule has 0 radical (unpaired) electrons. The van der Waals surface area contributed by atoms with Crippen molar-refractivity contribution in [1.29, 1.82) is 0 Å². The largest absolute Gasteiger partial charge is 0.463 e. The number of carbonyl (C=O) groups is 2. The van der Waals surface area contributed by atoms with Gasteiger partial charge in [0.1, 0.15) is 5.69 Å². The van der Waals surface area contributed by atoms with Crippen LogP contribution in [0.15, 0.2) is 57.7 Å². The number of rotatable bonds is 4. The monoisotopic (exact) mass is 417 g/mol. The average Bonchev–Trinajstić information content (AvgIpc) is 3.44. The zero-order valence-corrected chi connectivity index (χ0v) is 16.7. The van der Waals surface area contributed by atoms with Gasteiger partial charge in [0.05, 0.1) is 22.9 Å². The second-order valence-corrected chi connectivity index (χ2v) is 7.22. The lowest BCUT2D eigenvalue weighted by atomic mass is 10.1. The molecular weight excluding hydrogens is 398 g/mol. The van der Waals surface area contributed by atoms with E-state index in [1.165, 1.54) is 6.26 Å². The van der Waals surface area contributed by atoms with E-state index in [1.807, 2.05) is 6.07 Å². The lowest BCUT2D eigenvalue weighted by molar-refractivity contribution is 0.102. The third-order valence-electron chi connectivity index (χ3n) is 5.13. The number of hydrogen-bond donors (Lipinski definition) is 2. The normalized spacial score (nSPS) is 14.0. The second-order valence-electron chi connectivity index (χ2n) is 7.22. The molecule has 156 valence electrons. The Morgan fingerprint density at radius 1 is 1.23 bits per heavy atom. The molecule has 4 aromatic rings. The summed E-state index contributed by atoms with van der Waals surface area (Å²) in [6.45, 7) is 3.05. The molecule has 9 heteroatoms. The standard InChI is InChI=1S/C22H19N5O4/c1-13-19-16(12-17(18-7-3-10-30-18)25-21(19)31-26-13)20(28)24-14-5-2-6-15(11-14)27-9-4-8-23-22(27)29/h2-3,5-7,10-12H,4,8-9H2,1H3,(H,23,29)(H,24,28). The molecule has 0 aliphatic carbocycles. The van der Waals surface area contributed by atoms with E-state index in [9.17, 15) is 9.59 Å². The fourth-order valence-electron chi connectivity index (χ4n) is 3.65. The maximum atomic E-state index is 13.2. The first-order valence-electron chi connectivity index (χ1n) is 9.88. The molecule has 3 amide bonds. The van der Waals surface area contributed by atoms with E-state index in [4.69, 9.17) is 8.94 Å². The summed E-state index contributed by atoms with van der Waals surface area (Å²) in [5, 5.41) is 10.2. The number of fused-ring (bicyclic) bond motifs is 1. The van der Waals surface area contributed by atoms with E-state index in [0.717, 1.165) is 6.42 Å². The number of aromatic nitrogens is 2. The molecule has 0 unspecified atom stereocenters. The highest BCUT2D eigenvalue weighted by atomic mass is 16.5. The number of urea groups is 1. The van der Waals surface area contributed by atoms with Crippen molar-refractivity contribution in [3.05, 3.63) is 60.0 Å². The molecule has 1 fully saturated rings. The Labute approximate surface area is 177 Å². The topological polar surface area (TPSA) is 114 Å². The molecule has 1 aliphatic rings. The molecule has 0 bridgehead atoms. The number of carbonyl (C=O) groups excluding carboxylic acids is 2. The molecule has 1 aliphatic heterocycles. The van der Waals surface area contributed by atoms with Crippen LogP contribution in [0, 0.1) is 6.92 Å². The van der Waals surface area contributed by atoms with E-state index >= 15 is 0 Å². The van der Waals surface area contributed by atoms with E-state index in [2.05, 4.69) is 20.8 Å². The van der Waals surface area contributed by atoms with Gasteiger partial charge in [0.15, 0.2) is 5.76 Å². The van der Waals surface area contributed by atoms with Crippen molar-refractivity contribution in [1.82, 2.24) is 15.5 Å². The highest BCUT2D eigenvalue weighted by Crippen LogP contribution is 2.28. The number of anilines is 2. The first-order valence-corrected chi connectivity index (χ1v) is 9.88. The molecule has 1 aromatic carbocycles. The third kappa shape index (κ3) is 3.50. The van der Waals surface area contributed by atoms with Crippen molar-refractivity contribution in [2.45, 2.75) is 13.3 Å². The first kappa shape index (κ1) is 18.9. The summed E-state index contributed by atoms with van der Waals surface area (Å²) in [5.74, 6) is 0.176. The van der Waals surface area contributed by atoms with Crippen LogP contribution in [0.25, 0.3) is 22.6 Å². The summed E-state index contributed by atoms with van der Waals surface area (Å²) >= 11 is 0. The van der Waals surface area contributed by atoms with E-state index in [0.29, 0.717) is 52.6 Å². The van der Waals surface area contributed by atoms with Crippen molar-refractivity contribution < 1.29 is 18.5 Å². The van der Waals surface area contributed by atoms with Crippen molar-refractivity contribution in [2.24, 2.45) is 0 Å². The van der Waals surface area contributed by atoms with Crippen LogP contribution in [0.2, 0.25) is 0 Å². The number of hydrogen-bond acceptors (Lipinski definition) is 6. The molecule has 5 rings (SSSR count). The molecule has 3 aromatic heterocycles. The van der Waals surface area contributed by atoms with Crippen molar-refractivity contribution in [3.8, 4) is 11.5 Å². The fourth-order valence-corrected chi connectivity index (χ4v) is 3.65. The summed E-state index contributed by atoms with van der Waals surface area (Å²) in [4.78, 5) is 31.4. The minimum Gasteiger partial charge on any atom is -0.463 e. The van der Waals surface area contributed by atoms with Crippen LogP contribution in [-0.2, 0) is 0 Å². The number of pyridine rings is 1. The third-order valence-corrected chi connectivity index (χ3v) is 5.13. The Morgan fingerprint density at radius 3 is 2.94 bits per heavy atom. The molecule has 2 N–H and O–H groups in total. The Kier molecular flexibility index (Phi) is 4.62. The van der Waals surface area contributed by atoms with Crippen LogP contribution in [0.3, 0.4) is 0 Å². The van der Waals surface area contributed by atoms with Gasteiger partial charge >= 0.3 is 6.03 Å². The maximum Gasteiger partial charge on any atom is 0.321 e. The van der Waals surface area contributed by atoms with Crippen LogP contribution < -0.4 is 15.5 Å². The number of nitrogens with zero attached hydrogens (tertiary/aromatic N) is 3. The molecule has 0 spiro atoms. The fraction of sp³-hybridized carbons (Fsp3) is 0.182. The summed E-state index contributed by atoms with van der Waals surface area (Å²) < 4.78 is 10.7. The molecule has 9 nitrogen and oxygen atoms in total. The average molecular weight is 417 g/mol. The van der Waals surface area contributed by atoms with Gasteiger partial charge in [-0.1, -0.05) is 11.2 Å². The maximum absolute atomic E-state index is 13.2. The van der Waals surface area contributed by atoms with Crippen LogP contribution in [-0.4, -0.2) is 35.2 Å². The summed E-state index contributed by atoms with van der Waals surface area (Å²) in [5.41, 5.74) is 2.95. The molecule has 1 saturated heterocycles. The van der Waals surface area contributed by atoms with Gasteiger partial charge < -0.3 is 19.6 Å². The molecular formula is C22H19N5O4. The van der Waals surface area contributed by atoms with Crippen LogP contribution in [0.5, 0.6) is 0 Å². The number of amides is 3. The summed E-state index contributed by atoms with van der Waals surface area (Å²) in [6.07, 6.45) is 2.40. The van der Waals surface area contributed by atoms with E-state index in [1.54, 1.807) is 48.2 Å². The van der Waals surface area contributed by atoms with Gasteiger partial charge in [-0.2, -0.15) is 0 Å². The van der Waals surface area contributed by atoms with Crippen LogP contribution in [0.1, 0.15) is 22.5 Å². The molecule has 0 atom stereocenters. The lowest BCUT2D eigenvalue weighted by Gasteiger charge is -2.27. The lowest BCUT2D eigenvalue weighted by Crippen LogP contribution is -2.46. The van der Waals surface area contributed by atoms with Gasteiger partial charge in [-0.15, -0.1) is 0 Å². The number of benzene rings is 1. The van der Waals surface area contributed by atoms with Gasteiger partial charge in [0.25, 0.3) is 11.6 Å². The predicted molar refractivity (Wildman–Crippen MR) is 114 cm³/mol. The van der Waals surface area contributed by atoms with Crippen LogP contribution in [0.4, 0.5) is 16.2 Å².